The maximum Gasteiger partial charge on any atom is 0.305 e. The molecule has 1 aromatic carbocycles. The van der Waals surface area contributed by atoms with Crippen molar-refractivity contribution in [1.82, 2.24) is 20.2 Å². The number of benzene rings is 1. The van der Waals surface area contributed by atoms with E-state index in [1.807, 2.05) is 24.3 Å². The van der Waals surface area contributed by atoms with Crippen LogP contribution in [0.3, 0.4) is 0 Å². The largest absolute Gasteiger partial charge is 0.481 e. The average Bonchev–Trinajstić information content (AvgIpc) is 3.19. The van der Waals surface area contributed by atoms with Crippen LogP contribution in [-0.4, -0.2) is 31.3 Å². The van der Waals surface area contributed by atoms with E-state index in [0.29, 0.717) is 23.2 Å². The van der Waals surface area contributed by atoms with Crippen molar-refractivity contribution in [3.8, 4) is 0 Å². The van der Waals surface area contributed by atoms with Crippen LogP contribution < -0.4 is 0 Å². The van der Waals surface area contributed by atoms with Gasteiger partial charge in [0.1, 0.15) is 0 Å². The Bertz CT molecular complexity index is 654. The van der Waals surface area contributed by atoms with Crippen LogP contribution in [0.4, 0.5) is 0 Å². The number of aromatic nitrogens is 4. The Labute approximate surface area is 126 Å². The summed E-state index contributed by atoms with van der Waals surface area (Å²) in [5, 5.41) is 21.5. The molecule has 1 N–H and O–H groups in total. The Morgan fingerprint density at radius 3 is 2.86 bits per heavy atom. The van der Waals surface area contributed by atoms with E-state index in [9.17, 15) is 4.79 Å². The molecule has 3 rings (SSSR count). The van der Waals surface area contributed by atoms with Crippen molar-refractivity contribution >= 4 is 17.6 Å². The van der Waals surface area contributed by atoms with E-state index in [2.05, 4.69) is 15.5 Å². The third-order valence-electron chi connectivity index (χ3n) is 3.73. The monoisotopic (exact) mass is 306 g/mol. The topological polar surface area (TPSA) is 80.9 Å². The third-order valence-corrected chi connectivity index (χ3v) is 4.10. The average molecular weight is 307 g/mol. The summed E-state index contributed by atoms with van der Waals surface area (Å²) in [7, 11) is 0. The number of carbonyl (C=O) groups is 1. The van der Waals surface area contributed by atoms with Crippen LogP contribution in [0.2, 0.25) is 5.02 Å². The van der Waals surface area contributed by atoms with E-state index in [4.69, 9.17) is 16.7 Å². The summed E-state index contributed by atoms with van der Waals surface area (Å²) in [5.41, 5.74) is 0.931. The molecule has 6 nitrogen and oxygen atoms in total. The standard InChI is InChI=1S/C14H15ClN4O2/c15-11-4-2-1-3-10(11)7-13-16-17-18-19(13)12(8-14(20)21)9-5-6-9/h1-4,9,12H,5-8H2,(H,20,21). The molecule has 1 atom stereocenters. The lowest BCUT2D eigenvalue weighted by atomic mass is 10.1. The van der Waals surface area contributed by atoms with Crippen molar-refractivity contribution in [2.45, 2.75) is 31.7 Å². The molecule has 0 bridgehead atoms. The minimum absolute atomic E-state index is 0.0469. The molecule has 0 radical (unpaired) electrons. The number of hydrogen-bond acceptors (Lipinski definition) is 4. The summed E-state index contributed by atoms with van der Waals surface area (Å²) < 4.78 is 1.66. The van der Waals surface area contributed by atoms with Crippen LogP contribution in [0.1, 0.15) is 36.7 Å². The normalized spacial score (nSPS) is 15.9. The minimum Gasteiger partial charge on any atom is -0.481 e. The van der Waals surface area contributed by atoms with Crippen LogP contribution in [-0.2, 0) is 11.2 Å². The molecule has 2 aromatic rings. The Morgan fingerprint density at radius 1 is 1.43 bits per heavy atom. The zero-order valence-electron chi connectivity index (χ0n) is 11.3. The van der Waals surface area contributed by atoms with E-state index in [-0.39, 0.29) is 12.5 Å². The molecule has 21 heavy (non-hydrogen) atoms. The van der Waals surface area contributed by atoms with Crippen molar-refractivity contribution in [3.05, 3.63) is 40.7 Å². The van der Waals surface area contributed by atoms with Crippen molar-refractivity contribution in [3.63, 3.8) is 0 Å². The summed E-state index contributed by atoms with van der Waals surface area (Å²) in [6.07, 6.45) is 2.60. The van der Waals surface area contributed by atoms with Crippen LogP contribution >= 0.6 is 11.6 Å². The van der Waals surface area contributed by atoms with E-state index in [0.717, 1.165) is 18.4 Å². The molecule has 1 saturated carbocycles. The second-order valence-corrected chi connectivity index (χ2v) is 5.72. The van der Waals surface area contributed by atoms with Crippen LogP contribution in [0.5, 0.6) is 0 Å². The number of nitrogens with zero attached hydrogens (tertiary/aromatic N) is 4. The lowest BCUT2D eigenvalue weighted by molar-refractivity contribution is -0.138. The molecule has 0 amide bonds. The van der Waals surface area contributed by atoms with Gasteiger partial charge in [-0.25, -0.2) is 4.68 Å². The number of rotatable bonds is 6. The smallest absolute Gasteiger partial charge is 0.305 e. The number of carboxylic acid groups (broad SMARTS) is 1. The van der Waals surface area contributed by atoms with Gasteiger partial charge in [-0.15, -0.1) is 5.10 Å². The van der Waals surface area contributed by atoms with Gasteiger partial charge in [0.05, 0.1) is 12.5 Å². The van der Waals surface area contributed by atoms with E-state index in [1.54, 1.807) is 4.68 Å². The quantitative estimate of drug-likeness (QED) is 0.886. The van der Waals surface area contributed by atoms with E-state index >= 15 is 0 Å². The molecule has 1 aliphatic carbocycles. The molecule has 1 heterocycles. The van der Waals surface area contributed by atoms with Gasteiger partial charge in [0.2, 0.25) is 0 Å². The second-order valence-electron chi connectivity index (χ2n) is 5.31. The van der Waals surface area contributed by atoms with Crippen LogP contribution in [0.15, 0.2) is 24.3 Å². The molecule has 0 spiro atoms. The lowest BCUT2D eigenvalue weighted by Crippen LogP contribution is -2.19. The van der Waals surface area contributed by atoms with Gasteiger partial charge in [-0.3, -0.25) is 4.79 Å². The van der Waals surface area contributed by atoms with Gasteiger partial charge in [0.15, 0.2) is 5.82 Å². The predicted molar refractivity (Wildman–Crippen MR) is 76.1 cm³/mol. The molecule has 0 saturated heterocycles. The van der Waals surface area contributed by atoms with Gasteiger partial charge in [-0.2, -0.15) is 0 Å². The Kier molecular flexibility index (Phi) is 3.88. The maximum atomic E-state index is 11.1. The summed E-state index contributed by atoms with van der Waals surface area (Å²) in [6, 6.07) is 7.35. The first kappa shape index (κ1) is 14.0. The lowest BCUT2D eigenvalue weighted by Gasteiger charge is -2.15. The molecular formula is C14H15ClN4O2. The number of hydrogen-bond donors (Lipinski definition) is 1. The number of aliphatic carboxylic acids is 1. The number of carboxylic acids is 1. The fourth-order valence-corrected chi connectivity index (χ4v) is 2.71. The third kappa shape index (κ3) is 3.21. The SMILES string of the molecule is O=C(O)CC(C1CC1)n1nnnc1Cc1ccccc1Cl. The zero-order chi connectivity index (χ0) is 14.8. The molecule has 7 heteroatoms. The highest BCUT2D eigenvalue weighted by Crippen LogP contribution is 2.41. The Balaban J connectivity index is 1.86. The molecule has 110 valence electrons. The van der Waals surface area contributed by atoms with Crippen molar-refractivity contribution in [2.24, 2.45) is 5.92 Å². The molecule has 1 aliphatic rings. The highest BCUT2D eigenvalue weighted by molar-refractivity contribution is 6.31. The molecule has 1 aromatic heterocycles. The van der Waals surface area contributed by atoms with Crippen molar-refractivity contribution in [1.29, 1.82) is 0 Å². The number of tetrazole rings is 1. The highest BCUT2D eigenvalue weighted by atomic mass is 35.5. The molecule has 1 unspecified atom stereocenters. The van der Waals surface area contributed by atoms with Gasteiger partial charge in [-0.1, -0.05) is 29.8 Å². The first-order valence-electron chi connectivity index (χ1n) is 6.87. The minimum atomic E-state index is -0.828. The summed E-state index contributed by atoms with van der Waals surface area (Å²) in [5.74, 6) is 0.182. The van der Waals surface area contributed by atoms with E-state index in [1.165, 1.54) is 0 Å². The van der Waals surface area contributed by atoms with Crippen LogP contribution in [0, 0.1) is 5.92 Å². The number of halogens is 1. The summed E-state index contributed by atoms with van der Waals surface area (Å²) >= 11 is 6.16. The zero-order valence-corrected chi connectivity index (χ0v) is 12.1. The maximum absolute atomic E-state index is 11.1. The molecule has 0 aliphatic heterocycles. The van der Waals surface area contributed by atoms with Crippen LogP contribution in [0.25, 0.3) is 0 Å². The second kappa shape index (κ2) is 5.81. The highest BCUT2D eigenvalue weighted by Gasteiger charge is 2.36. The molecular weight excluding hydrogens is 292 g/mol. The first-order chi connectivity index (χ1) is 10.1. The Morgan fingerprint density at radius 2 is 2.19 bits per heavy atom. The predicted octanol–water partition coefficient (Wildman–Crippen LogP) is 2.34. The van der Waals surface area contributed by atoms with Gasteiger partial charge < -0.3 is 5.11 Å². The Hall–Kier alpha value is -1.95. The van der Waals surface area contributed by atoms with Gasteiger partial charge in [0, 0.05) is 11.4 Å². The van der Waals surface area contributed by atoms with Gasteiger partial charge in [0.25, 0.3) is 0 Å². The first-order valence-corrected chi connectivity index (χ1v) is 7.25. The van der Waals surface area contributed by atoms with Crippen molar-refractivity contribution in [2.75, 3.05) is 0 Å². The summed E-state index contributed by atoms with van der Waals surface area (Å²) in [4.78, 5) is 11.1. The van der Waals surface area contributed by atoms with Gasteiger partial charge in [-0.05, 0) is 40.8 Å². The fraction of sp³-hybridized carbons (Fsp3) is 0.429. The molecule has 1 fully saturated rings. The fourth-order valence-electron chi connectivity index (χ4n) is 2.51. The van der Waals surface area contributed by atoms with Gasteiger partial charge >= 0.3 is 5.97 Å². The van der Waals surface area contributed by atoms with E-state index < -0.39 is 5.97 Å². The summed E-state index contributed by atoms with van der Waals surface area (Å²) in [6.45, 7) is 0. The van der Waals surface area contributed by atoms with Crippen molar-refractivity contribution < 1.29 is 9.90 Å².